The van der Waals surface area contributed by atoms with E-state index in [0.717, 1.165) is 49.2 Å². The molecule has 0 amide bonds. The second-order valence-corrected chi connectivity index (χ2v) is 9.38. The van der Waals surface area contributed by atoms with E-state index >= 15 is 0 Å². The zero-order valence-electron chi connectivity index (χ0n) is 17.5. The van der Waals surface area contributed by atoms with Gasteiger partial charge in [0.1, 0.15) is 0 Å². The summed E-state index contributed by atoms with van der Waals surface area (Å²) >= 11 is 1.75. The summed E-state index contributed by atoms with van der Waals surface area (Å²) in [4.78, 5) is 15.7. The van der Waals surface area contributed by atoms with Crippen LogP contribution in [0.25, 0.3) is 11.2 Å². The Bertz CT molecular complexity index is 948. The summed E-state index contributed by atoms with van der Waals surface area (Å²) in [6, 6.07) is 5.44. The number of halogens is 2. The second kappa shape index (κ2) is 10.8. The van der Waals surface area contributed by atoms with Gasteiger partial charge in [0.05, 0.1) is 12.9 Å². The third-order valence-electron chi connectivity index (χ3n) is 6.25. The first-order valence-corrected chi connectivity index (χ1v) is 11.7. The van der Waals surface area contributed by atoms with Crippen molar-refractivity contribution in [3.05, 3.63) is 28.7 Å². The van der Waals surface area contributed by atoms with Crippen molar-refractivity contribution in [2.24, 2.45) is 5.73 Å². The normalized spacial score (nSPS) is 21.5. The van der Waals surface area contributed by atoms with Crippen LogP contribution < -0.4 is 16.4 Å². The summed E-state index contributed by atoms with van der Waals surface area (Å²) in [5.74, 6) is 1.52. The molecule has 3 aromatic rings. The van der Waals surface area contributed by atoms with E-state index in [1.807, 2.05) is 6.33 Å². The number of rotatable bonds is 6. The highest BCUT2D eigenvalue weighted by Crippen LogP contribution is 2.33. The molecule has 0 atom stereocenters. The molecule has 2 aliphatic rings. The topological polar surface area (TPSA) is 93.7 Å². The molecule has 5 rings (SSSR count). The molecular formula is C21H31Cl2N7S. The third kappa shape index (κ3) is 5.42. The van der Waals surface area contributed by atoms with E-state index in [0.29, 0.717) is 24.1 Å². The highest BCUT2D eigenvalue weighted by atomic mass is 35.5. The number of fused-ring (bicyclic) bond motifs is 1. The second-order valence-electron chi connectivity index (χ2n) is 8.35. The highest BCUT2D eigenvalue weighted by molar-refractivity contribution is 7.09. The Morgan fingerprint density at radius 2 is 1.84 bits per heavy atom. The van der Waals surface area contributed by atoms with E-state index in [2.05, 4.69) is 32.7 Å². The number of aromatic nitrogens is 4. The van der Waals surface area contributed by atoms with Gasteiger partial charge in [0, 0.05) is 23.0 Å². The van der Waals surface area contributed by atoms with Crippen molar-refractivity contribution in [3.8, 4) is 0 Å². The van der Waals surface area contributed by atoms with Gasteiger partial charge in [-0.05, 0) is 50.0 Å². The molecule has 2 fully saturated rings. The average Bonchev–Trinajstić information content (AvgIpc) is 3.49. The minimum Gasteiger partial charge on any atom is -0.363 e. The molecule has 10 heteroatoms. The van der Waals surface area contributed by atoms with Gasteiger partial charge in [0.2, 0.25) is 5.95 Å². The molecule has 170 valence electrons. The van der Waals surface area contributed by atoms with Crippen LogP contribution in [0.2, 0.25) is 0 Å². The predicted molar refractivity (Wildman–Crippen MR) is 133 cm³/mol. The minimum atomic E-state index is 0. The first-order chi connectivity index (χ1) is 14.3. The Labute approximate surface area is 199 Å². The summed E-state index contributed by atoms with van der Waals surface area (Å²) < 4.78 is 2.27. The molecule has 3 heterocycles. The monoisotopic (exact) mass is 483 g/mol. The van der Waals surface area contributed by atoms with Gasteiger partial charge < -0.3 is 20.9 Å². The Morgan fingerprint density at radius 1 is 1.06 bits per heavy atom. The van der Waals surface area contributed by atoms with Gasteiger partial charge in [-0.3, -0.25) is 0 Å². The lowest BCUT2D eigenvalue weighted by Crippen LogP contribution is -2.33. The smallest absolute Gasteiger partial charge is 0.227 e. The van der Waals surface area contributed by atoms with Crippen molar-refractivity contribution in [1.29, 1.82) is 0 Å². The lowest BCUT2D eigenvalue weighted by atomic mass is 9.92. The first-order valence-electron chi connectivity index (χ1n) is 10.8. The largest absolute Gasteiger partial charge is 0.363 e. The lowest BCUT2D eigenvalue weighted by Gasteiger charge is -2.27. The molecule has 2 aliphatic carbocycles. The van der Waals surface area contributed by atoms with Crippen molar-refractivity contribution < 1.29 is 0 Å². The maximum atomic E-state index is 6.07. The van der Waals surface area contributed by atoms with E-state index in [1.54, 1.807) is 11.3 Å². The van der Waals surface area contributed by atoms with Gasteiger partial charge in [-0.25, -0.2) is 4.98 Å². The molecule has 0 spiro atoms. The predicted octanol–water partition coefficient (Wildman–Crippen LogP) is 5.14. The van der Waals surface area contributed by atoms with E-state index in [9.17, 15) is 0 Å². The average molecular weight is 485 g/mol. The maximum absolute atomic E-state index is 6.07. The van der Waals surface area contributed by atoms with Crippen molar-refractivity contribution in [2.45, 2.75) is 76.0 Å². The van der Waals surface area contributed by atoms with Crippen LogP contribution in [0.15, 0.2) is 23.8 Å². The molecule has 3 aromatic heterocycles. The molecule has 0 unspecified atom stereocenters. The number of nitrogens with two attached hydrogens (primary N) is 1. The van der Waals surface area contributed by atoms with Crippen LogP contribution >= 0.6 is 36.2 Å². The van der Waals surface area contributed by atoms with E-state index < -0.39 is 0 Å². The molecule has 0 saturated heterocycles. The van der Waals surface area contributed by atoms with Gasteiger partial charge >= 0.3 is 0 Å². The summed E-state index contributed by atoms with van der Waals surface area (Å²) in [6.07, 6.45) is 11.2. The molecule has 31 heavy (non-hydrogen) atoms. The summed E-state index contributed by atoms with van der Waals surface area (Å²) in [5.41, 5.74) is 7.88. The van der Waals surface area contributed by atoms with Crippen LogP contribution in [0, 0.1) is 0 Å². The fourth-order valence-corrected chi connectivity index (χ4v) is 5.23. The van der Waals surface area contributed by atoms with E-state index in [-0.39, 0.29) is 24.8 Å². The Kier molecular flexibility index (Phi) is 8.38. The van der Waals surface area contributed by atoms with Gasteiger partial charge in [-0.2, -0.15) is 9.97 Å². The molecule has 4 N–H and O–H groups in total. The van der Waals surface area contributed by atoms with Crippen molar-refractivity contribution in [2.75, 3.05) is 10.6 Å². The van der Waals surface area contributed by atoms with Crippen molar-refractivity contribution in [1.82, 2.24) is 19.5 Å². The van der Waals surface area contributed by atoms with Gasteiger partial charge in [0.15, 0.2) is 17.0 Å². The number of nitrogens with one attached hydrogen (secondary N) is 2. The van der Waals surface area contributed by atoms with Crippen LogP contribution in [0.4, 0.5) is 11.8 Å². The van der Waals surface area contributed by atoms with Crippen molar-refractivity contribution in [3.63, 3.8) is 0 Å². The van der Waals surface area contributed by atoms with Crippen molar-refractivity contribution >= 4 is 59.1 Å². The molecule has 2 saturated carbocycles. The van der Waals surface area contributed by atoms with Crippen LogP contribution in [0.3, 0.4) is 0 Å². The van der Waals surface area contributed by atoms with E-state index in [1.165, 1.54) is 30.6 Å². The highest BCUT2D eigenvalue weighted by Gasteiger charge is 2.23. The molecule has 7 nitrogen and oxygen atoms in total. The Morgan fingerprint density at radius 3 is 2.55 bits per heavy atom. The Hall–Kier alpha value is -1.61. The summed E-state index contributed by atoms with van der Waals surface area (Å²) in [5, 5.41) is 9.18. The summed E-state index contributed by atoms with van der Waals surface area (Å²) in [6.45, 7) is 0.748. The Balaban J connectivity index is 0.00000136. The van der Waals surface area contributed by atoms with Gasteiger partial charge in [-0.15, -0.1) is 36.2 Å². The number of thiophene rings is 1. The van der Waals surface area contributed by atoms with Gasteiger partial charge in [-0.1, -0.05) is 18.9 Å². The SMILES string of the molecule is Cl.Cl.NC1CCC(Nc2nc(NCc3cccs3)c3ncn(C4CCCC4)c3n2)CC1. The number of hydrogen-bond donors (Lipinski definition) is 3. The molecule has 0 aromatic carbocycles. The fraction of sp³-hybridized carbons (Fsp3) is 0.571. The molecule has 0 aliphatic heterocycles. The summed E-state index contributed by atoms with van der Waals surface area (Å²) in [7, 11) is 0. The van der Waals surface area contributed by atoms with Crippen LogP contribution in [-0.2, 0) is 6.54 Å². The number of nitrogens with zero attached hydrogens (tertiary/aromatic N) is 4. The number of hydrogen-bond acceptors (Lipinski definition) is 7. The number of imidazole rings is 1. The third-order valence-corrected chi connectivity index (χ3v) is 7.13. The van der Waals surface area contributed by atoms with Crippen LogP contribution in [-0.4, -0.2) is 31.6 Å². The maximum Gasteiger partial charge on any atom is 0.227 e. The quantitative estimate of drug-likeness (QED) is 0.449. The molecule has 0 radical (unpaired) electrons. The lowest BCUT2D eigenvalue weighted by molar-refractivity contribution is 0.410. The first kappa shape index (κ1) is 24.0. The minimum absolute atomic E-state index is 0. The molecule has 0 bridgehead atoms. The van der Waals surface area contributed by atoms with Gasteiger partial charge in [0.25, 0.3) is 0 Å². The molecular weight excluding hydrogens is 453 g/mol. The standard InChI is InChI=1S/C21H29N7S.2ClH/c22-14-7-9-15(10-8-14)25-21-26-19(23-12-17-6-3-11-29-17)18-20(27-21)28(13-24-18)16-4-1-2-5-16;;/h3,6,11,13-16H,1-2,4-5,7-10,12,22H2,(H2,23,25,26,27);2*1H. The fourth-order valence-electron chi connectivity index (χ4n) is 4.58. The van der Waals surface area contributed by atoms with Crippen LogP contribution in [0.5, 0.6) is 0 Å². The zero-order chi connectivity index (χ0) is 19.6. The number of anilines is 2. The van der Waals surface area contributed by atoms with E-state index in [4.69, 9.17) is 20.7 Å². The zero-order valence-corrected chi connectivity index (χ0v) is 19.9. The van der Waals surface area contributed by atoms with Crippen LogP contribution in [0.1, 0.15) is 62.3 Å².